The maximum atomic E-state index is 12.7. The molecule has 120 valence electrons. The topological polar surface area (TPSA) is 64.1 Å². The second-order valence-electron chi connectivity index (χ2n) is 5.95. The van der Waals surface area contributed by atoms with Crippen LogP contribution in [-0.2, 0) is 4.79 Å². The second kappa shape index (κ2) is 7.35. The predicted molar refractivity (Wildman–Crippen MR) is 83.7 cm³/mol. The Morgan fingerprint density at radius 3 is 2.57 bits per heavy atom. The van der Waals surface area contributed by atoms with Gasteiger partial charge in [0.1, 0.15) is 0 Å². The molecule has 0 saturated carbocycles. The minimum absolute atomic E-state index is 0.00361. The number of nitrogens with zero attached hydrogens (tertiary/aromatic N) is 3. The molecule has 1 unspecified atom stereocenters. The molecule has 21 heavy (non-hydrogen) atoms. The molecule has 2 aliphatic heterocycles. The number of carboxylic acid groups (broad SMARTS) is 1. The molecule has 0 aromatic heterocycles. The van der Waals surface area contributed by atoms with Crippen LogP contribution in [-0.4, -0.2) is 89.1 Å². The van der Waals surface area contributed by atoms with Crippen molar-refractivity contribution in [3.8, 4) is 0 Å². The van der Waals surface area contributed by atoms with Crippen LogP contribution >= 0.6 is 11.8 Å². The summed E-state index contributed by atoms with van der Waals surface area (Å²) < 4.78 is 0. The average Bonchev–Trinajstić information content (AvgIpc) is 2.46. The highest BCUT2D eigenvalue weighted by Crippen LogP contribution is 2.22. The van der Waals surface area contributed by atoms with Crippen LogP contribution in [0.2, 0.25) is 0 Å². The van der Waals surface area contributed by atoms with Crippen LogP contribution in [0.1, 0.15) is 19.3 Å². The van der Waals surface area contributed by atoms with Crippen molar-refractivity contribution in [2.75, 3.05) is 45.2 Å². The van der Waals surface area contributed by atoms with E-state index in [2.05, 4.69) is 11.9 Å². The van der Waals surface area contributed by atoms with Gasteiger partial charge in [0.15, 0.2) is 0 Å². The monoisotopic (exact) mass is 315 g/mol. The van der Waals surface area contributed by atoms with Crippen molar-refractivity contribution in [1.82, 2.24) is 14.7 Å². The Balaban J connectivity index is 1.97. The van der Waals surface area contributed by atoms with E-state index >= 15 is 0 Å². The van der Waals surface area contributed by atoms with Gasteiger partial charge in [-0.2, -0.15) is 11.8 Å². The van der Waals surface area contributed by atoms with Crippen molar-refractivity contribution in [2.45, 2.75) is 31.3 Å². The predicted octanol–water partition coefficient (Wildman–Crippen LogP) is 1.02. The normalized spacial score (nSPS) is 24.9. The highest BCUT2D eigenvalue weighted by molar-refractivity contribution is 7.99. The average molecular weight is 315 g/mol. The summed E-state index contributed by atoms with van der Waals surface area (Å²) in [7, 11) is 3.96. The molecule has 0 aromatic carbocycles. The molecule has 2 aliphatic rings. The highest BCUT2D eigenvalue weighted by Gasteiger charge is 2.33. The molecule has 1 N–H and O–H groups in total. The molecule has 2 amide bonds. The number of carbonyl (C=O) groups is 2. The van der Waals surface area contributed by atoms with E-state index in [1.54, 1.807) is 16.7 Å². The number of thioether (sulfide) groups is 1. The largest absolute Gasteiger partial charge is 0.481 e. The standard InChI is InChI=1S/C14H25N3O3S/c1-15-5-3-11(4-6-15)16(2)14(20)17-7-8-21-10-12(17)9-13(18)19/h11-12H,3-10H2,1-2H3,(H,18,19). The highest BCUT2D eigenvalue weighted by atomic mass is 32.2. The molecule has 2 rings (SSSR count). The lowest BCUT2D eigenvalue weighted by atomic mass is 10.0. The molecule has 0 bridgehead atoms. The Morgan fingerprint density at radius 1 is 1.29 bits per heavy atom. The zero-order chi connectivity index (χ0) is 15.4. The van der Waals surface area contributed by atoms with Gasteiger partial charge < -0.3 is 19.8 Å². The number of amides is 2. The zero-order valence-electron chi connectivity index (χ0n) is 12.8. The van der Waals surface area contributed by atoms with E-state index in [1.165, 1.54) is 0 Å². The maximum Gasteiger partial charge on any atom is 0.320 e. The van der Waals surface area contributed by atoms with Crippen molar-refractivity contribution in [2.24, 2.45) is 0 Å². The fourth-order valence-electron chi connectivity index (χ4n) is 3.02. The zero-order valence-corrected chi connectivity index (χ0v) is 13.6. The maximum absolute atomic E-state index is 12.7. The van der Waals surface area contributed by atoms with Gasteiger partial charge in [0.05, 0.1) is 12.5 Å². The first-order valence-corrected chi connectivity index (χ1v) is 8.66. The second-order valence-corrected chi connectivity index (χ2v) is 7.10. The van der Waals surface area contributed by atoms with E-state index in [9.17, 15) is 9.59 Å². The molecule has 2 saturated heterocycles. The van der Waals surface area contributed by atoms with Gasteiger partial charge in [-0.1, -0.05) is 0 Å². The summed E-state index contributed by atoms with van der Waals surface area (Å²) in [5.74, 6) is 0.782. The molecule has 0 aromatic rings. The number of carbonyl (C=O) groups excluding carboxylic acids is 1. The van der Waals surface area contributed by atoms with Crippen LogP contribution in [0.15, 0.2) is 0 Å². The summed E-state index contributed by atoms with van der Waals surface area (Å²) in [6.07, 6.45) is 2.02. The number of carboxylic acids is 1. The summed E-state index contributed by atoms with van der Waals surface area (Å²) in [6, 6.07) is 0.0901. The Kier molecular flexibility index (Phi) is 5.75. The third-order valence-electron chi connectivity index (χ3n) is 4.42. The molecule has 0 spiro atoms. The fourth-order valence-corrected chi connectivity index (χ4v) is 4.08. The van der Waals surface area contributed by atoms with Crippen molar-refractivity contribution >= 4 is 23.8 Å². The van der Waals surface area contributed by atoms with E-state index in [1.807, 2.05) is 11.9 Å². The number of hydrogen-bond donors (Lipinski definition) is 1. The van der Waals surface area contributed by atoms with Crippen LogP contribution in [0.3, 0.4) is 0 Å². The first-order valence-electron chi connectivity index (χ1n) is 7.50. The molecule has 2 heterocycles. The van der Waals surface area contributed by atoms with Crippen molar-refractivity contribution < 1.29 is 14.7 Å². The smallest absolute Gasteiger partial charge is 0.320 e. The number of aliphatic carboxylic acids is 1. The van der Waals surface area contributed by atoms with Gasteiger partial charge in [0.25, 0.3) is 0 Å². The van der Waals surface area contributed by atoms with Crippen molar-refractivity contribution in [3.63, 3.8) is 0 Å². The summed E-state index contributed by atoms with van der Waals surface area (Å²) in [6.45, 7) is 2.67. The van der Waals surface area contributed by atoms with Crippen LogP contribution in [0.5, 0.6) is 0 Å². The number of urea groups is 1. The van der Waals surface area contributed by atoms with Crippen molar-refractivity contribution in [3.05, 3.63) is 0 Å². The summed E-state index contributed by atoms with van der Waals surface area (Å²) in [5.41, 5.74) is 0. The Hall–Kier alpha value is -0.950. The van der Waals surface area contributed by atoms with E-state index in [0.29, 0.717) is 6.54 Å². The quantitative estimate of drug-likeness (QED) is 0.842. The minimum atomic E-state index is -0.831. The molecule has 0 aliphatic carbocycles. The Bertz CT molecular complexity index is 386. The summed E-state index contributed by atoms with van der Waals surface area (Å²) in [4.78, 5) is 29.6. The lowest BCUT2D eigenvalue weighted by Crippen LogP contribution is -2.55. The van der Waals surface area contributed by atoms with E-state index in [4.69, 9.17) is 5.11 Å². The first kappa shape index (κ1) is 16.4. The fraction of sp³-hybridized carbons (Fsp3) is 0.857. The Labute approximate surface area is 130 Å². The van der Waals surface area contributed by atoms with Gasteiger partial charge in [-0.3, -0.25) is 4.79 Å². The van der Waals surface area contributed by atoms with Gasteiger partial charge in [-0.25, -0.2) is 4.79 Å². The van der Waals surface area contributed by atoms with Gasteiger partial charge in [-0.15, -0.1) is 0 Å². The molecule has 7 heteroatoms. The van der Waals surface area contributed by atoms with Crippen LogP contribution in [0, 0.1) is 0 Å². The number of hydrogen-bond acceptors (Lipinski definition) is 4. The number of piperidine rings is 1. The van der Waals surface area contributed by atoms with Gasteiger partial charge in [0.2, 0.25) is 0 Å². The SMILES string of the molecule is CN1CCC(N(C)C(=O)N2CCSCC2CC(=O)O)CC1. The third kappa shape index (κ3) is 4.26. The van der Waals surface area contributed by atoms with Gasteiger partial charge in [0, 0.05) is 31.1 Å². The molecule has 6 nitrogen and oxygen atoms in total. The summed E-state index contributed by atoms with van der Waals surface area (Å²) >= 11 is 1.73. The van der Waals surface area contributed by atoms with E-state index < -0.39 is 5.97 Å². The number of likely N-dealkylation sites (tertiary alicyclic amines) is 1. The van der Waals surface area contributed by atoms with E-state index in [-0.39, 0.29) is 24.5 Å². The van der Waals surface area contributed by atoms with E-state index in [0.717, 1.165) is 37.4 Å². The van der Waals surface area contributed by atoms with Gasteiger partial charge >= 0.3 is 12.0 Å². The van der Waals surface area contributed by atoms with Crippen molar-refractivity contribution in [1.29, 1.82) is 0 Å². The van der Waals surface area contributed by atoms with Crippen LogP contribution in [0.4, 0.5) is 4.79 Å². The third-order valence-corrected chi connectivity index (χ3v) is 5.51. The minimum Gasteiger partial charge on any atom is -0.481 e. The molecular weight excluding hydrogens is 290 g/mol. The molecule has 0 radical (unpaired) electrons. The van der Waals surface area contributed by atoms with Crippen LogP contribution < -0.4 is 0 Å². The molecule has 2 fully saturated rings. The van der Waals surface area contributed by atoms with Crippen LogP contribution in [0.25, 0.3) is 0 Å². The lowest BCUT2D eigenvalue weighted by Gasteiger charge is -2.41. The summed E-state index contributed by atoms with van der Waals surface area (Å²) in [5, 5.41) is 9.02. The molecular formula is C14H25N3O3S. The number of rotatable bonds is 3. The Morgan fingerprint density at radius 2 is 1.95 bits per heavy atom. The molecule has 1 atom stereocenters. The first-order chi connectivity index (χ1) is 9.99. The lowest BCUT2D eigenvalue weighted by molar-refractivity contribution is -0.138. The van der Waals surface area contributed by atoms with Gasteiger partial charge in [-0.05, 0) is 33.0 Å².